The average molecular weight is 330 g/mol. The number of carbonyl (C=O) groups is 1. The summed E-state index contributed by atoms with van der Waals surface area (Å²) in [6.07, 6.45) is 4.36. The van der Waals surface area contributed by atoms with E-state index < -0.39 is 6.10 Å². The molecular weight excluding hydrogens is 309 g/mol. The van der Waals surface area contributed by atoms with Gasteiger partial charge in [0.2, 0.25) is 5.91 Å². The van der Waals surface area contributed by atoms with Gasteiger partial charge in [-0.2, -0.15) is 0 Å². The predicted molar refractivity (Wildman–Crippen MR) is 85.8 cm³/mol. The van der Waals surface area contributed by atoms with E-state index in [1.165, 1.54) is 0 Å². The van der Waals surface area contributed by atoms with Gasteiger partial charge in [-0.3, -0.25) is 4.79 Å². The number of halogens is 2. The minimum absolute atomic E-state index is 0.0481. The number of rotatable bonds is 4. The molecule has 0 saturated heterocycles. The van der Waals surface area contributed by atoms with E-state index in [-0.39, 0.29) is 11.9 Å². The number of hydrogen-bond donors (Lipinski definition) is 1. The molecule has 0 aliphatic heterocycles. The molecule has 0 spiro atoms. The molecule has 0 radical (unpaired) electrons. The Morgan fingerprint density at radius 3 is 2.71 bits per heavy atom. The first kappa shape index (κ1) is 16.6. The first-order valence-electron chi connectivity index (χ1n) is 7.36. The number of amides is 1. The van der Waals surface area contributed by atoms with Crippen molar-refractivity contribution in [3.63, 3.8) is 0 Å². The summed E-state index contributed by atoms with van der Waals surface area (Å²) in [6.45, 7) is 0. The van der Waals surface area contributed by atoms with Crippen LogP contribution in [0.15, 0.2) is 18.2 Å². The van der Waals surface area contributed by atoms with Crippen molar-refractivity contribution in [1.29, 1.82) is 0 Å². The third kappa shape index (κ3) is 4.35. The van der Waals surface area contributed by atoms with Crippen molar-refractivity contribution < 1.29 is 9.90 Å². The zero-order chi connectivity index (χ0) is 15.4. The maximum Gasteiger partial charge on any atom is 0.222 e. The molecule has 0 unspecified atom stereocenters. The molecule has 1 aliphatic rings. The van der Waals surface area contributed by atoms with Crippen molar-refractivity contribution >= 4 is 29.1 Å². The van der Waals surface area contributed by atoms with Crippen LogP contribution in [0.25, 0.3) is 0 Å². The Hall–Kier alpha value is -0.770. The lowest BCUT2D eigenvalue weighted by molar-refractivity contribution is -0.135. The molecule has 0 bridgehead atoms. The van der Waals surface area contributed by atoms with Crippen LogP contribution in [0.4, 0.5) is 0 Å². The minimum atomic E-state index is -0.396. The first-order chi connectivity index (χ1) is 9.99. The topological polar surface area (TPSA) is 40.5 Å². The van der Waals surface area contributed by atoms with Gasteiger partial charge in [0, 0.05) is 23.5 Å². The number of hydrogen-bond acceptors (Lipinski definition) is 2. The maximum absolute atomic E-state index is 12.3. The molecule has 1 saturated carbocycles. The standard InChI is InChI=1S/C16H21Cl2NO2/c1-19(14-4-2-3-5-15(14)20)16(21)9-7-11-6-8-12(17)10-13(11)18/h6,8,10,14-15,20H,2-5,7,9H2,1H3/t14-,15-/m1/s1. The van der Waals surface area contributed by atoms with E-state index in [0.29, 0.717) is 22.9 Å². The monoisotopic (exact) mass is 329 g/mol. The van der Waals surface area contributed by atoms with Crippen molar-refractivity contribution in [3.8, 4) is 0 Å². The Kier molecular flexibility index (Phi) is 5.91. The molecule has 1 aromatic carbocycles. The lowest BCUT2D eigenvalue weighted by Gasteiger charge is -2.35. The zero-order valence-corrected chi connectivity index (χ0v) is 13.7. The molecule has 2 atom stereocenters. The van der Waals surface area contributed by atoms with Crippen molar-refractivity contribution in [2.45, 2.75) is 50.7 Å². The summed E-state index contributed by atoms with van der Waals surface area (Å²) in [7, 11) is 1.78. The molecule has 21 heavy (non-hydrogen) atoms. The first-order valence-corrected chi connectivity index (χ1v) is 8.12. The number of aliphatic hydroxyl groups excluding tert-OH is 1. The summed E-state index contributed by atoms with van der Waals surface area (Å²) in [5, 5.41) is 11.2. The normalized spacial score (nSPS) is 22.1. The fraction of sp³-hybridized carbons (Fsp3) is 0.562. The van der Waals surface area contributed by atoms with Gasteiger partial charge in [0.15, 0.2) is 0 Å². The van der Waals surface area contributed by atoms with Gasteiger partial charge in [-0.05, 0) is 37.0 Å². The fourth-order valence-electron chi connectivity index (χ4n) is 2.87. The summed E-state index contributed by atoms with van der Waals surface area (Å²) < 4.78 is 0. The Bertz CT molecular complexity index is 507. The SMILES string of the molecule is CN(C(=O)CCc1ccc(Cl)cc1Cl)[C@@H]1CCCC[C@H]1O. The molecule has 1 aliphatic carbocycles. The smallest absolute Gasteiger partial charge is 0.222 e. The number of nitrogens with zero attached hydrogens (tertiary/aromatic N) is 1. The molecule has 0 aromatic heterocycles. The predicted octanol–water partition coefficient (Wildman–Crippen LogP) is 3.69. The van der Waals surface area contributed by atoms with Crippen LogP contribution in [0.3, 0.4) is 0 Å². The van der Waals surface area contributed by atoms with Gasteiger partial charge in [0.1, 0.15) is 0 Å². The lowest BCUT2D eigenvalue weighted by Crippen LogP contribution is -2.46. The Morgan fingerprint density at radius 1 is 1.33 bits per heavy atom. The molecule has 0 heterocycles. The van der Waals surface area contributed by atoms with Crippen molar-refractivity contribution in [1.82, 2.24) is 4.90 Å². The molecular formula is C16H21Cl2NO2. The average Bonchev–Trinajstić information content (AvgIpc) is 2.46. The van der Waals surface area contributed by atoms with E-state index in [1.807, 2.05) is 6.07 Å². The third-order valence-corrected chi connectivity index (χ3v) is 4.80. The lowest BCUT2D eigenvalue weighted by atomic mass is 9.91. The van der Waals surface area contributed by atoms with Gasteiger partial charge in [0.25, 0.3) is 0 Å². The Balaban J connectivity index is 1.91. The van der Waals surface area contributed by atoms with Gasteiger partial charge >= 0.3 is 0 Å². The highest BCUT2D eigenvalue weighted by Crippen LogP contribution is 2.25. The number of benzene rings is 1. The van der Waals surface area contributed by atoms with Crippen LogP contribution >= 0.6 is 23.2 Å². The molecule has 2 rings (SSSR count). The molecule has 116 valence electrons. The van der Waals surface area contributed by atoms with Crippen LogP contribution in [-0.4, -0.2) is 35.1 Å². The number of carbonyl (C=O) groups excluding carboxylic acids is 1. The van der Waals surface area contributed by atoms with E-state index in [9.17, 15) is 9.90 Å². The van der Waals surface area contributed by atoms with Gasteiger partial charge in [-0.1, -0.05) is 42.1 Å². The summed E-state index contributed by atoms with van der Waals surface area (Å²) in [5.74, 6) is 0.0481. The van der Waals surface area contributed by atoms with Crippen molar-refractivity contribution in [2.24, 2.45) is 0 Å². The van der Waals surface area contributed by atoms with E-state index in [0.717, 1.165) is 31.2 Å². The van der Waals surface area contributed by atoms with E-state index in [1.54, 1.807) is 24.1 Å². The van der Waals surface area contributed by atoms with E-state index >= 15 is 0 Å². The largest absolute Gasteiger partial charge is 0.391 e. The summed E-state index contributed by atoms with van der Waals surface area (Å²) in [6, 6.07) is 5.28. The summed E-state index contributed by atoms with van der Waals surface area (Å²) in [5.41, 5.74) is 0.923. The van der Waals surface area contributed by atoms with Gasteiger partial charge in [0.05, 0.1) is 12.1 Å². The van der Waals surface area contributed by atoms with E-state index in [2.05, 4.69) is 0 Å². The molecule has 1 amide bonds. The molecule has 1 N–H and O–H groups in total. The van der Waals surface area contributed by atoms with Gasteiger partial charge in [-0.15, -0.1) is 0 Å². The van der Waals surface area contributed by atoms with Crippen LogP contribution in [0, 0.1) is 0 Å². The maximum atomic E-state index is 12.3. The van der Waals surface area contributed by atoms with Crippen LogP contribution in [0.2, 0.25) is 10.0 Å². The quantitative estimate of drug-likeness (QED) is 0.915. The molecule has 1 fully saturated rings. The van der Waals surface area contributed by atoms with E-state index in [4.69, 9.17) is 23.2 Å². The van der Waals surface area contributed by atoms with Crippen LogP contribution in [0.5, 0.6) is 0 Å². The second-order valence-electron chi connectivity index (χ2n) is 5.66. The highest BCUT2D eigenvalue weighted by molar-refractivity contribution is 6.35. The third-order valence-electron chi connectivity index (χ3n) is 4.21. The second-order valence-corrected chi connectivity index (χ2v) is 6.50. The van der Waals surface area contributed by atoms with Crippen LogP contribution in [0.1, 0.15) is 37.7 Å². The zero-order valence-electron chi connectivity index (χ0n) is 12.2. The molecule has 5 heteroatoms. The number of likely N-dealkylation sites (N-methyl/N-ethyl adjacent to an activating group) is 1. The second kappa shape index (κ2) is 7.48. The fourth-order valence-corrected chi connectivity index (χ4v) is 3.37. The summed E-state index contributed by atoms with van der Waals surface area (Å²) >= 11 is 12.0. The molecule has 3 nitrogen and oxygen atoms in total. The number of aliphatic hydroxyl groups is 1. The van der Waals surface area contributed by atoms with Gasteiger partial charge in [-0.25, -0.2) is 0 Å². The minimum Gasteiger partial charge on any atom is -0.391 e. The van der Waals surface area contributed by atoms with Crippen molar-refractivity contribution in [3.05, 3.63) is 33.8 Å². The highest BCUT2D eigenvalue weighted by Gasteiger charge is 2.29. The summed E-state index contributed by atoms with van der Waals surface area (Å²) in [4.78, 5) is 14.0. The number of aryl methyl sites for hydroxylation is 1. The van der Waals surface area contributed by atoms with Crippen LogP contribution < -0.4 is 0 Å². The Labute approximate surface area is 135 Å². The Morgan fingerprint density at radius 2 is 2.05 bits per heavy atom. The molecule has 1 aromatic rings. The van der Waals surface area contributed by atoms with Crippen molar-refractivity contribution in [2.75, 3.05) is 7.05 Å². The van der Waals surface area contributed by atoms with Gasteiger partial charge < -0.3 is 10.0 Å². The highest BCUT2D eigenvalue weighted by atomic mass is 35.5. The van der Waals surface area contributed by atoms with Crippen LogP contribution in [-0.2, 0) is 11.2 Å².